The summed E-state index contributed by atoms with van der Waals surface area (Å²) in [4.78, 5) is 0. The second kappa shape index (κ2) is 9.83. The Bertz CT molecular complexity index is 185. The molecule has 0 aromatic rings. The number of aliphatic hydroxyl groups is 1. The third kappa shape index (κ3) is 7.00. The van der Waals surface area contributed by atoms with E-state index in [2.05, 4.69) is 13.8 Å². The molecule has 0 aliphatic heterocycles. The molecule has 16 heavy (non-hydrogen) atoms. The van der Waals surface area contributed by atoms with Crippen LogP contribution in [0.5, 0.6) is 0 Å². The van der Waals surface area contributed by atoms with Gasteiger partial charge in [-0.25, -0.2) is 4.39 Å². The molecule has 1 N–H and O–H groups in total. The normalized spacial score (nSPS) is 12.6. The summed E-state index contributed by atoms with van der Waals surface area (Å²) < 4.78 is 13.7. The molecule has 0 bridgehead atoms. The highest BCUT2D eigenvalue weighted by Crippen LogP contribution is 2.23. The van der Waals surface area contributed by atoms with Crippen molar-refractivity contribution in [3.63, 3.8) is 0 Å². The Morgan fingerprint density at radius 2 is 1.44 bits per heavy atom. The minimum Gasteiger partial charge on any atom is -0.386 e. The number of hydrogen-bond donors (Lipinski definition) is 1. The maximum atomic E-state index is 13.7. The molecule has 0 aromatic heterocycles. The van der Waals surface area contributed by atoms with Crippen LogP contribution in [-0.2, 0) is 0 Å². The van der Waals surface area contributed by atoms with Gasteiger partial charge in [-0.1, -0.05) is 39.5 Å². The third-order valence-corrected chi connectivity index (χ3v) is 2.87. The number of halogens is 1. The molecule has 0 aliphatic carbocycles. The minimum atomic E-state index is -0.932. The van der Waals surface area contributed by atoms with E-state index >= 15 is 0 Å². The summed E-state index contributed by atoms with van der Waals surface area (Å²) in [5, 5.41) is 9.27. The molecule has 2 heteroatoms. The van der Waals surface area contributed by atoms with Crippen molar-refractivity contribution >= 4 is 0 Å². The standard InChI is InChI=1S/C14H27FO/c1-4-6-8-10-13(11-9-7-5-2)14(15)12(3)16/h12,16H,4-11H2,1-3H3. The quantitative estimate of drug-likeness (QED) is 0.567. The maximum Gasteiger partial charge on any atom is 0.127 e. The topological polar surface area (TPSA) is 20.2 Å². The maximum absolute atomic E-state index is 13.7. The third-order valence-electron chi connectivity index (χ3n) is 2.87. The number of aliphatic hydroxyl groups excluding tert-OH is 1. The van der Waals surface area contributed by atoms with Gasteiger partial charge in [0.05, 0.1) is 0 Å². The van der Waals surface area contributed by atoms with E-state index in [1.165, 1.54) is 6.92 Å². The number of rotatable bonds is 9. The van der Waals surface area contributed by atoms with Crippen molar-refractivity contribution in [2.45, 2.75) is 78.2 Å². The second-order valence-corrected chi connectivity index (χ2v) is 4.54. The highest BCUT2D eigenvalue weighted by Gasteiger charge is 2.11. The first-order valence-electron chi connectivity index (χ1n) is 6.68. The summed E-state index contributed by atoms with van der Waals surface area (Å²) >= 11 is 0. The average Bonchev–Trinajstić information content (AvgIpc) is 2.26. The smallest absolute Gasteiger partial charge is 0.127 e. The van der Waals surface area contributed by atoms with Crippen LogP contribution in [0.25, 0.3) is 0 Å². The highest BCUT2D eigenvalue weighted by atomic mass is 19.1. The fourth-order valence-electron chi connectivity index (χ4n) is 1.84. The SMILES string of the molecule is CCCCCC(CCCCC)=C(F)C(C)O. The largest absolute Gasteiger partial charge is 0.386 e. The van der Waals surface area contributed by atoms with E-state index in [-0.39, 0.29) is 5.83 Å². The van der Waals surface area contributed by atoms with Crippen molar-refractivity contribution in [2.75, 3.05) is 0 Å². The molecule has 0 heterocycles. The molecule has 0 rings (SSSR count). The first-order chi connectivity index (χ1) is 7.63. The van der Waals surface area contributed by atoms with E-state index < -0.39 is 6.10 Å². The molecular weight excluding hydrogens is 203 g/mol. The van der Waals surface area contributed by atoms with Crippen molar-refractivity contribution in [2.24, 2.45) is 0 Å². The molecule has 1 nitrogen and oxygen atoms in total. The summed E-state index contributed by atoms with van der Waals surface area (Å²) in [5.74, 6) is -0.285. The van der Waals surface area contributed by atoms with E-state index in [4.69, 9.17) is 0 Å². The van der Waals surface area contributed by atoms with Gasteiger partial charge in [-0.05, 0) is 38.2 Å². The van der Waals surface area contributed by atoms with Crippen LogP contribution in [0.2, 0.25) is 0 Å². The number of allylic oxidation sites excluding steroid dienone is 1. The number of unbranched alkanes of at least 4 members (excludes halogenated alkanes) is 4. The van der Waals surface area contributed by atoms with Gasteiger partial charge in [-0.3, -0.25) is 0 Å². The summed E-state index contributed by atoms with van der Waals surface area (Å²) in [6.07, 6.45) is 7.36. The highest BCUT2D eigenvalue weighted by molar-refractivity contribution is 5.11. The molecule has 1 atom stereocenters. The Labute approximate surface area is 99.8 Å². The van der Waals surface area contributed by atoms with Crippen LogP contribution in [0.15, 0.2) is 11.4 Å². The molecule has 96 valence electrons. The van der Waals surface area contributed by atoms with Crippen LogP contribution in [0.1, 0.15) is 72.1 Å². The fraction of sp³-hybridized carbons (Fsp3) is 0.857. The lowest BCUT2D eigenvalue weighted by Crippen LogP contribution is -2.04. The van der Waals surface area contributed by atoms with Gasteiger partial charge in [-0.15, -0.1) is 0 Å². The van der Waals surface area contributed by atoms with Gasteiger partial charge >= 0.3 is 0 Å². The van der Waals surface area contributed by atoms with E-state index in [0.717, 1.165) is 56.9 Å². The Morgan fingerprint density at radius 1 is 1.00 bits per heavy atom. The van der Waals surface area contributed by atoms with Crippen LogP contribution in [-0.4, -0.2) is 11.2 Å². The lowest BCUT2D eigenvalue weighted by Gasteiger charge is -2.11. The van der Waals surface area contributed by atoms with Gasteiger partial charge in [0.1, 0.15) is 11.9 Å². The predicted octanol–water partition coefficient (Wildman–Crippen LogP) is 4.75. The van der Waals surface area contributed by atoms with Crippen molar-refractivity contribution < 1.29 is 9.50 Å². The monoisotopic (exact) mass is 230 g/mol. The van der Waals surface area contributed by atoms with Crippen LogP contribution in [0.4, 0.5) is 4.39 Å². The van der Waals surface area contributed by atoms with E-state index in [1.54, 1.807) is 0 Å². The van der Waals surface area contributed by atoms with Crippen molar-refractivity contribution in [1.82, 2.24) is 0 Å². The molecule has 0 fully saturated rings. The minimum absolute atomic E-state index is 0.285. The summed E-state index contributed by atoms with van der Waals surface area (Å²) in [5.41, 5.74) is 0.844. The summed E-state index contributed by atoms with van der Waals surface area (Å²) in [6, 6.07) is 0. The summed E-state index contributed by atoms with van der Waals surface area (Å²) in [6.45, 7) is 5.80. The zero-order chi connectivity index (χ0) is 12.4. The van der Waals surface area contributed by atoms with Crippen LogP contribution < -0.4 is 0 Å². The lowest BCUT2D eigenvalue weighted by atomic mass is 9.99. The van der Waals surface area contributed by atoms with Crippen molar-refractivity contribution in [3.8, 4) is 0 Å². The summed E-state index contributed by atoms with van der Waals surface area (Å²) in [7, 11) is 0. The van der Waals surface area contributed by atoms with Gasteiger partial charge in [0.15, 0.2) is 0 Å². The molecule has 0 radical (unpaired) electrons. The first kappa shape index (κ1) is 15.6. The Kier molecular flexibility index (Phi) is 9.60. The number of hydrogen-bond acceptors (Lipinski definition) is 1. The Hall–Kier alpha value is -0.370. The molecule has 0 saturated heterocycles. The first-order valence-corrected chi connectivity index (χ1v) is 6.68. The van der Waals surface area contributed by atoms with Crippen LogP contribution in [0, 0.1) is 0 Å². The van der Waals surface area contributed by atoms with Crippen LogP contribution in [0.3, 0.4) is 0 Å². The predicted molar refractivity (Wildman–Crippen MR) is 68.1 cm³/mol. The molecule has 1 unspecified atom stereocenters. The van der Waals surface area contributed by atoms with Gasteiger partial charge in [-0.2, -0.15) is 0 Å². The Morgan fingerprint density at radius 3 is 1.75 bits per heavy atom. The molecule has 0 spiro atoms. The molecule has 0 saturated carbocycles. The zero-order valence-corrected chi connectivity index (χ0v) is 11.1. The lowest BCUT2D eigenvalue weighted by molar-refractivity contribution is 0.198. The van der Waals surface area contributed by atoms with Crippen molar-refractivity contribution in [1.29, 1.82) is 0 Å². The molecular formula is C14H27FO. The van der Waals surface area contributed by atoms with Crippen molar-refractivity contribution in [3.05, 3.63) is 11.4 Å². The van der Waals surface area contributed by atoms with Gasteiger partial charge in [0, 0.05) is 0 Å². The van der Waals surface area contributed by atoms with Gasteiger partial charge < -0.3 is 5.11 Å². The van der Waals surface area contributed by atoms with Gasteiger partial charge in [0.25, 0.3) is 0 Å². The molecule has 0 aromatic carbocycles. The molecule has 0 amide bonds. The zero-order valence-electron chi connectivity index (χ0n) is 11.1. The van der Waals surface area contributed by atoms with E-state index in [1.807, 2.05) is 0 Å². The second-order valence-electron chi connectivity index (χ2n) is 4.54. The van der Waals surface area contributed by atoms with Gasteiger partial charge in [0.2, 0.25) is 0 Å². The average molecular weight is 230 g/mol. The molecule has 0 aliphatic rings. The van der Waals surface area contributed by atoms with Crippen LogP contribution >= 0.6 is 0 Å². The Balaban J connectivity index is 4.21. The van der Waals surface area contributed by atoms with E-state index in [9.17, 15) is 9.50 Å². The fourth-order valence-corrected chi connectivity index (χ4v) is 1.84. The van der Waals surface area contributed by atoms with E-state index in [0.29, 0.717) is 0 Å².